The number of benzene rings is 2. The largest absolute Gasteiger partial charge is 0.493 e. The van der Waals surface area contributed by atoms with E-state index in [0.717, 1.165) is 11.1 Å². The van der Waals surface area contributed by atoms with Crippen molar-refractivity contribution in [3.05, 3.63) is 87.0 Å². The van der Waals surface area contributed by atoms with Gasteiger partial charge in [-0.15, -0.1) is 5.10 Å². The van der Waals surface area contributed by atoms with Crippen LogP contribution in [-0.2, 0) is 0 Å². The molecule has 32 heavy (non-hydrogen) atoms. The zero-order valence-electron chi connectivity index (χ0n) is 17.6. The summed E-state index contributed by atoms with van der Waals surface area (Å²) >= 11 is 1.28. The predicted molar refractivity (Wildman–Crippen MR) is 127 cm³/mol. The molecular formula is C24H21N3O4S. The summed E-state index contributed by atoms with van der Waals surface area (Å²) in [4.78, 5) is 17.8. The van der Waals surface area contributed by atoms with Crippen molar-refractivity contribution in [2.75, 3.05) is 20.8 Å². The molecule has 0 spiro atoms. The zero-order chi connectivity index (χ0) is 22.5. The topological polar surface area (TPSA) is 74.9 Å². The van der Waals surface area contributed by atoms with Gasteiger partial charge in [-0.3, -0.25) is 4.79 Å². The molecule has 0 aliphatic rings. The van der Waals surface area contributed by atoms with Gasteiger partial charge in [-0.2, -0.15) is 9.50 Å². The van der Waals surface area contributed by atoms with Crippen molar-refractivity contribution >= 4 is 34.5 Å². The van der Waals surface area contributed by atoms with Crippen molar-refractivity contribution < 1.29 is 14.2 Å². The smallest absolute Gasteiger partial charge is 0.291 e. The lowest BCUT2D eigenvalue weighted by atomic mass is 10.2. The van der Waals surface area contributed by atoms with E-state index in [2.05, 4.69) is 16.7 Å². The molecule has 0 N–H and O–H groups in total. The first kappa shape index (κ1) is 21.3. The van der Waals surface area contributed by atoms with Crippen molar-refractivity contribution in [3.8, 4) is 17.2 Å². The van der Waals surface area contributed by atoms with E-state index in [1.807, 2.05) is 48.5 Å². The number of ether oxygens (including phenoxy) is 3. The van der Waals surface area contributed by atoms with Gasteiger partial charge >= 0.3 is 0 Å². The summed E-state index contributed by atoms with van der Waals surface area (Å²) in [5.41, 5.74) is 1.49. The van der Waals surface area contributed by atoms with Crippen LogP contribution in [0.4, 0.5) is 0 Å². The number of aromatic nitrogens is 3. The van der Waals surface area contributed by atoms with Crippen LogP contribution in [0.3, 0.4) is 0 Å². The molecule has 4 rings (SSSR count). The van der Waals surface area contributed by atoms with Gasteiger partial charge in [0.15, 0.2) is 17.3 Å². The molecule has 2 aromatic heterocycles. The van der Waals surface area contributed by atoms with Crippen LogP contribution in [-0.4, -0.2) is 35.4 Å². The molecule has 162 valence electrons. The lowest BCUT2D eigenvalue weighted by molar-refractivity contribution is 0.355. The summed E-state index contributed by atoms with van der Waals surface area (Å²) in [5.74, 6) is 2.42. The molecule has 2 aromatic carbocycles. The van der Waals surface area contributed by atoms with Crippen molar-refractivity contribution in [1.29, 1.82) is 0 Å². The molecule has 0 aliphatic carbocycles. The van der Waals surface area contributed by atoms with Crippen LogP contribution in [0.2, 0.25) is 0 Å². The van der Waals surface area contributed by atoms with Crippen LogP contribution in [0.1, 0.15) is 17.0 Å². The van der Waals surface area contributed by atoms with Crippen LogP contribution in [0, 0.1) is 0 Å². The Balaban J connectivity index is 1.63. The van der Waals surface area contributed by atoms with E-state index in [1.165, 1.54) is 15.9 Å². The summed E-state index contributed by atoms with van der Waals surface area (Å²) in [6.45, 7) is 4.05. The van der Waals surface area contributed by atoms with Crippen molar-refractivity contribution in [3.63, 3.8) is 0 Å². The minimum Gasteiger partial charge on any atom is -0.493 e. The van der Waals surface area contributed by atoms with E-state index in [9.17, 15) is 4.79 Å². The second kappa shape index (κ2) is 9.49. The minimum absolute atomic E-state index is 0.221. The predicted octanol–water partition coefficient (Wildman–Crippen LogP) is 3.45. The first-order valence-corrected chi connectivity index (χ1v) is 10.6. The third-order valence-corrected chi connectivity index (χ3v) is 5.55. The molecule has 7 nitrogen and oxygen atoms in total. The first-order chi connectivity index (χ1) is 15.6. The Labute approximate surface area is 188 Å². The third-order valence-electron chi connectivity index (χ3n) is 4.59. The Morgan fingerprint density at radius 3 is 2.62 bits per heavy atom. The number of rotatable bonds is 8. The average molecular weight is 448 g/mol. The number of hydrogen-bond donors (Lipinski definition) is 0. The quantitative estimate of drug-likeness (QED) is 0.385. The standard InChI is InChI=1S/C24H21N3O4S/c1-4-13-31-18-8-6-5-7-17(18)15-21-23(28)27-24(32-21)25-22(26-27)12-10-16-9-11-19(29-2)20(14-16)30-3/h4-12,14-15H,1,13H2,2-3H3. The number of methoxy groups -OCH3 is 2. The first-order valence-electron chi connectivity index (χ1n) is 9.77. The van der Waals surface area contributed by atoms with Gasteiger partial charge in [0.05, 0.1) is 18.8 Å². The molecule has 0 bridgehead atoms. The Hall–Kier alpha value is -3.91. The minimum atomic E-state index is -0.221. The van der Waals surface area contributed by atoms with E-state index in [1.54, 1.807) is 32.4 Å². The molecule has 0 amide bonds. The zero-order valence-corrected chi connectivity index (χ0v) is 18.5. The highest BCUT2D eigenvalue weighted by Gasteiger charge is 2.10. The molecule has 4 aromatic rings. The SMILES string of the molecule is C=CCOc1ccccc1C=c1sc2nc(C=Cc3ccc(OC)c(OC)c3)nn2c1=O. The van der Waals surface area contributed by atoms with Crippen LogP contribution in [0.25, 0.3) is 23.2 Å². The Morgan fingerprint density at radius 2 is 1.88 bits per heavy atom. The van der Waals surface area contributed by atoms with Gasteiger partial charge in [-0.1, -0.05) is 54.3 Å². The van der Waals surface area contributed by atoms with Crippen LogP contribution < -0.4 is 24.3 Å². The average Bonchev–Trinajstić information content (AvgIpc) is 3.35. The lowest BCUT2D eigenvalue weighted by Crippen LogP contribution is -2.23. The van der Waals surface area contributed by atoms with Gasteiger partial charge in [0.2, 0.25) is 4.96 Å². The van der Waals surface area contributed by atoms with E-state index in [-0.39, 0.29) is 5.56 Å². The highest BCUT2D eigenvalue weighted by Crippen LogP contribution is 2.28. The summed E-state index contributed by atoms with van der Waals surface area (Å²) in [7, 11) is 3.18. The summed E-state index contributed by atoms with van der Waals surface area (Å²) < 4.78 is 18.1. The lowest BCUT2D eigenvalue weighted by Gasteiger charge is -2.07. The summed E-state index contributed by atoms with van der Waals surface area (Å²) in [5, 5.41) is 4.33. The maximum Gasteiger partial charge on any atom is 0.291 e. The van der Waals surface area contributed by atoms with E-state index < -0.39 is 0 Å². The number of nitrogens with zero attached hydrogens (tertiary/aromatic N) is 3. The maximum absolute atomic E-state index is 12.8. The van der Waals surface area contributed by atoms with Gasteiger partial charge < -0.3 is 14.2 Å². The van der Waals surface area contributed by atoms with E-state index in [4.69, 9.17) is 14.2 Å². The molecule has 0 aliphatic heterocycles. The van der Waals surface area contributed by atoms with Gasteiger partial charge in [0.1, 0.15) is 12.4 Å². The molecule has 0 fully saturated rings. The fraction of sp³-hybridized carbons (Fsp3) is 0.125. The van der Waals surface area contributed by atoms with Gasteiger partial charge in [-0.05, 0) is 35.9 Å². The highest BCUT2D eigenvalue weighted by molar-refractivity contribution is 7.15. The molecule has 0 atom stereocenters. The van der Waals surface area contributed by atoms with Crippen molar-refractivity contribution in [2.24, 2.45) is 0 Å². The monoisotopic (exact) mass is 447 g/mol. The van der Waals surface area contributed by atoms with Crippen molar-refractivity contribution in [1.82, 2.24) is 14.6 Å². The molecule has 8 heteroatoms. The Kier molecular flexibility index (Phi) is 6.32. The highest BCUT2D eigenvalue weighted by atomic mass is 32.1. The summed E-state index contributed by atoms with van der Waals surface area (Å²) in [6, 6.07) is 13.1. The third kappa shape index (κ3) is 4.40. The molecule has 0 radical (unpaired) electrons. The molecule has 0 unspecified atom stereocenters. The van der Waals surface area contributed by atoms with Crippen LogP contribution >= 0.6 is 11.3 Å². The number of para-hydroxylation sites is 1. The summed E-state index contributed by atoms with van der Waals surface area (Å²) in [6.07, 6.45) is 7.07. The Morgan fingerprint density at radius 1 is 1.06 bits per heavy atom. The maximum atomic E-state index is 12.8. The van der Waals surface area contributed by atoms with Gasteiger partial charge in [0.25, 0.3) is 5.56 Å². The fourth-order valence-corrected chi connectivity index (χ4v) is 3.97. The number of fused-ring (bicyclic) bond motifs is 1. The van der Waals surface area contributed by atoms with Crippen LogP contribution in [0.15, 0.2) is 59.9 Å². The van der Waals surface area contributed by atoms with E-state index in [0.29, 0.717) is 39.2 Å². The second-order valence-electron chi connectivity index (χ2n) is 6.67. The molecule has 0 saturated carbocycles. The molecule has 0 saturated heterocycles. The Bertz CT molecular complexity index is 1400. The fourth-order valence-electron chi connectivity index (χ4n) is 3.07. The van der Waals surface area contributed by atoms with Gasteiger partial charge in [-0.25, -0.2) is 0 Å². The molecular weight excluding hydrogens is 426 g/mol. The van der Waals surface area contributed by atoms with Crippen molar-refractivity contribution in [2.45, 2.75) is 0 Å². The normalized spacial score (nSPS) is 11.9. The molecule has 2 heterocycles. The van der Waals surface area contributed by atoms with Gasteiger partial charge in [0, 0.05) is 5.56 Å². The van der Waals surface area contributed by atoms with Crippen LogP contribution in [0.5, 0.6) is 17.2 Å². The number of hydrogen-bond acceptors (Lipinski definition) is 7. The number of thiazole rings is 1. The van der Waals surface area contributed by atoms with E-state index >= 15 is 0 Å². The second-order valence-corrected chi connectivity index (χ2v) is 7.67.